The zero-order valence-electron chi connectivity index (χ0n) is 30.2. The highest BCUT2D eigenvalue weighted by atomic mass is 16.5. The molecule has 0 bridgehead atoms. The fraction of sp³-hybridized carbons (Fsp3) is 0.419. The van der Waals surface area contributed by atoms with E-state index in [2.05, 4.69) is 40.6 Å². The van der Waals surface area contributed by atoms with Crippen molar-refractivity contribution in [3.63, 3.8) is 0 Å². The first-order valence-electron chi connectivity index (χ1n) is 15.9. The number of carbonyl (C=O) groups is 2. The van der Waals surface area contributed by atoms with Gasteiger partial charge in [0, 0.05) is 48.4 Å². The van der Waals surface area contributed by atoms with E-state index in [-0.39, 0.29) is 22.8 Å². The third-order valence-electron chi connectivity index (χ3n) is 7.67. The number of nitrogens with zero attached hydrogens (tertiary/aromatic N) is 16. The summed E-state index contributed by atoms with van der Waals surface area (Å²) >= 11 is 0. The number of rotatable bonds is 13. The minimum atomic E-state index is -0.574. The molecular formula is C31H40N16O4. The van der Waals surface area contributed by atoms with Gasteiger partial charge in [0.15, 0.2) is 46.3 Å². The SMILES string of the molecule is CCCc1nn(-c2cc(-n3nc(CC)c(N=Nc4c(C(=O)OC)cnn4C)c3N(C)C)ncn2)c(N(C)C)c1N=Nc1c(C(=O)OC)cnn1C. The van der Waals surface area contributed by atoms with Crippen molar-refractivity contribution in [2.75, 3.05) is 52.2 Å². The number of carbonyl (C=O) groups excluding carboxylic acids is 2. The standard InChI is InChI=1S/C31H40N16O4/c1-11-13-21-25(37-39-27-19(31(49)51-10)16-35-45(27)8)29(43(5)6)47(41-21)23-14-22(32-17-33-23)46-28(42(3)4)24(20(12-2)40-46)36-38-26-18(30(48)50-9)15-34-44(26)7/h14-17H,11-13H2,1-10H3. The number of esters is 2. The first kappa shape index (κ1) is 36.0. The largest absolute Gasteiger partial charge is 0.465 e. The minimum absolute atomic E-state index is 0.183. The van der Waals surface area contributed by atoms with Crippen LogP contribution in [0.4, 0.5) is 34.6 Å². The second-order valence-electron chi connectivity index (χ2n) is 11.6. The van der Waals surface area contributed by atoms with Crippen LogP contribution in [-0.2, 0) is 36.4 Å². The second-order valence-corrected chi connectivity index (χ2v) is 11.6. The molecule has 0 N–H and O–H groups in total. The summed E-state index contributed by atoms with van der Waals surface area (Å²) in [5.74, 6) is 1.41. The molecule has 51 heavy (non-hydrogen) atoms. The van der Waals surface area contributed by atoms with Gasteiger partial charge in [0.2, 0.25) is 0 Å². The number of ether oxygens (including phenoxy) is 2. The molecule has 0 aliphatic rings. The van der Waals surface area contributed by atoms with Gasteiger partial charge in [-0.1, -0.05) is 20.3 Å². The van der Waals surface area contributed by atoms with Crippen LogP contribution in [0, 0.1) is 0 Å². The van der Waals surface area contributed by atoms with Gasteiger partial charge in [-0.3, -0.25) is 0 Å². The molecule has 0 aliphatic heterocycles. The van der Waals surface area contributed by atoms with Crippen molar-refractivity contribution in [1.82, 2.24) is 49.1 Å². The Labute approximate surface area is 293 Å². The fourth-order valence-corrected chi connectivity index (χ4v) is 5.23. The van der Waals surface area contributed by atoms with Gasteiger partial charge < -0.3 is 19.3 Å². The van der Waals surface area contributed by atoms with E-state index in [0.717, 1.165) is 6.42 Å². The Morgan fingerprint density at radius 2 is 1.18 bits per heavy atom. The summed E-state index contributed by atoms with van der Waals surface area (Å²) in [6.07, 6.45) is 6.12. The van der Waals surface area contributed by atoms with Gasteiger partial charge >= 0.3 is 11.9 Å². The van der Waals surface area contributed by atoms with Gasteiger partial charge in [-0.15, -0.1) is 20.5 Å². The maximum absolute atomic E-state index is 12.3. The van der Waals surface area contributed by atoms with E-state index in [9.17, 15) is 9.59 Å². The number of anilines is 2. The molecule has 0 atom stereocenters. The van der Waals surface area contributed by atoms with E-state index in [1.165, 1.54) is 42.3 Å². The van der Waals surface area contributed by atoms with Gasteiger partial charge in [-0.2, -0.15) is 29.8 Å². The number of hydrogen-bond acceptors (Lipinski definition) is 16. The van der Waals surface area contributed by atoms with Crippen LogP contribution < -0.4 is 9.80 Å². The highest BCUT2D eigenvalue weighted by molar-refractivity contribution is 5.94. The normalized spacial score (nSPS) is 11.6. The molecule has 0 amide bonds. The summed E-state index contributed by atoms with van der Waals surface area (Å²) in [5.41, 5.74) is 2.68. The first-order valence-corrected chi connectivity index (χ1v) is 15.9. The zero-order valence-corrected chi connectivity index (χ0v) is 30.2. The maximum Gasteiger partial charge on any atom is 0.343 e. The lowest BCUT2D eigenvalue weighted by Crippen LogP contribution is -2.17. The molecule has 20 heteroatoms. The molecule has 20 nitrogen and oxygen atoms in total. The highest BCUT2D eigenvalue weighted by Crippen LogP contribution is 2.38. The predicted molar refractivity (Wildman–Crippen MR) is 186 cm³/mol. The van der Waals surface area contributed by atoms with Crippen molar-refractivity contribution in [2.24, 2.45) is 34.6 Å². The summed E-state index contributed by atoms with van der Waals surface area (Å²) in [7, 11) is 13.4. The summed E-state index contributed by atoms with van der Waals surface area (Å²) in [6.45, 7) is 4.00. The molecule has 5 rings (SSSR count). The number of azo groups is 2. The molecule has 0 saturated carbocycles. The average Bonchev–Trinajstić information content (AvgIpc) is 3.88. The molecule has 0 radical (unpaired) electrons. The van der Waals surface area contributed by atoms with E-state index < -0.39 is 11.9 Å². The Balaban J connectivity index is 1.62. The Bertz CT molecular complexity index is 2120. The van der Waals surface area contributed by atoms with E-state index in [4.69, 9.17) is 19.7 Å². The van der Waals surface area contributed by atoms with Crippen molar-refractivity contribution < 1.29 is 19.1 Å². The van der Waals surface area contributed by atoms with E-state index >= 15 is 0 Å². The lowest BCUT2D eigenvalue weighted by Gasteiger charge is -2.17. The molecule has 0 aliphatic carbocycles. The molecule has 268 valence electrons. The molecule has 0 unspecified atom stereocenters. The van der Waals surface area contributed by atoms with Crippen LogP contribution in [0.25, 0.3) is 11.6 Å². The summed E-state index contributed by atoms with van der Waals surface area (Å²) in [5, 5.41) is 36.0. The van der Waals surface area contributed by atoms with Gasteiger partial charge in [0.25, 0.3) is 0 Å². The van der Waals surface area contributed by atoms with Crippen LogP contribution in [0.3, 0.4) is 0 Å². The van der Waals surface area contributed by atoms with Gasteiger partial charge in [-0.05, 0) is 12.8 Å². The lowest BCUT2D eigenvalue weighted by molar-refractivity contribution is 0.0592. The highest BCUT2D eigenvalue weighted by Gasteiger charge is 2.26. The van der Waals surface area contributed by atoms with Crippen LogP contribution in [0.5, 0.6) is 0 Å². The van der Waals surface area contributed by atoms with Crippen LogP contribution in [-0.4, -0.2) is 103 Å². The number of aryl methyl sites for hydroxylation is 4. The Hall–Kier alpha value is -6.34. The smallest absolute Gasteiger partial charge is 0.343 e. The van der Waals surface area contributed by atoms with Crippen LogP contribution in [0.1, 0.15) is 52.4 Å². The third-order valence-corrected chi connectivity index (χ3v) is 7.67. The van der Waals surface area contributed by atoms with E-state index in [0.29, 0.717) is 58.9 Å². The molecule has 0 fully saturated rings. The molecule has 0 aromatic carbocycles. The molecular weight excluding hydrogens is 660 g/mol. The molecule has 5 aromatic heterocycles. The Kier molecular flexibility index (Phi) is 10.6. The molecule has 5 aromatic rings. The Morgan fingerprint density at radius 1 is 0.725 bits per heavy atom. The average molecular weight is 701 g/mol. The van der Waals surface area contributed by atoms with E-state index in [1.54, 1.807) is 29.5 Å². The maximum atomic E-state index is 12.3. The third kappa shape index (κ3) is 6.92. The second kappa shape index (κ2) is 15.0. The van der Waals surface area contributed by atoms with E-state index in [1.807, 2.05) is 51.8 Å². The van der Waals surface area contributed by atoms with Crippen molar-refractivity contribution in [1.29, 1.82) is 0 Å². The summed E-state index contributed by atoms with van der Waals surface area (Å²) in [6, 6.07) is 1.75. The predicted octanol–water partition coefficient (Wildman–Crippen LogP) is 4.37. The fourth-order valence-electron chi connectivity index (χ4n) is 5.23. The number of hydrogen-bond donors (Lipinski definition) is 0. The topological polar surface area (TPSA) is 206 Å². The van der Waals surface area contributed by atoms with Gasteiger partial charge in [-0.25, -0.2) is 28.9 Å². The zero-order chi connectivity index (χ0) is 37.0. The molecule has 0 saturated heterocycles. The monoisotopic (exact) mass is 700 g/mol. The molecule has 0 spiro atoms. The summed E-state index contributed by atoms with van der Waals surface area (Å²) < 4.78 is 16.0. The van der Waals surface area contributed by atoms with Crippen LogP contribution >= 0.6 is 0 Å². The minimum Gasteiger partial charge on any atom is -0.465 e. The quantitative estimate of drug-likeness (QED) is 0.124. The number of aromatic nitrogens is 10. The van der Waals surface area contributed by atoms with Crippen LogP contribution in [0.2, 0.25) is 0 Å². The lowest BCUT2D eigenvalue weighted by atomic mass is 10.2. The van der Waals surface area contributed by atoms with Crippen molar-refractivity contribution in [3.05, 3.63) is 47.3 Å². The van der Waals surface area contributed by atoms with Gasteiger partial charge in [0.05, 0.1) is 38.0 Å². The number of methoxy groups -OCH3 is 2. The molecule has 5 heterocycles. The Morgan fingerprint density at radius 3 is 1.59 bits per heavy atom. The van der Waals surface area contributed by atoms with Crippen molar-refractivity contribution in [3.8, 4) is 11.6 Å². The van der Waals surface area contributed by atoms with Crippen molar-refractivity contribution in [2.45, 2.75) is 33.1 Å². The van der Waals surface area contributed by atoms with Crippen molar-refractivity contribution >= 4 is 46.6 Å². The van der Waals surface area contributed by atoms with Crippen LogP contribution in [0.15, 0.2) is 45.2 Å². The van der Waals surface area contributed by atoms with Gasteiger partial charge in [0.1, 0.15) is 17.5 Å². The first-order chi connectivity index (χ1) is 24.4. The summed E-state index contributed by atoms with van der Waals surface area (Å²) in [4.78, 5) is 37.5.